The normalized spacial score (nSPS) is 12.3. The highest BCUT2D eigenvalue weighted by molar-refractivity contribution is 5.54. The van der Waals surface area contributed by atoms with Crippen LogP contribution in [0, 0.1) is 0 Å². The van der Waals surface area contributed by atoms with Crippen molar-refractivity contribution in [2.45, 2.75) is 26.8 Å². The summed E-state index contributed by atoms with van der Waals surface area (Å²) in [5.41, 5.74) is 7.85. The predicted molar refractivity (Wildman–Crippen MR) is 75.2 cm³/mol. The maximum absolute atomic E-state index is 9.16. The molecule has 0 aliphatic heterocycles. The minimum Gasteiger partial charge on any atom is -0.493 e. The van der Waals surface area contributed by atoms with Crippen molar-refractivity contribution in [2.24, 2.45) is 5.73 Å². The third kappa shape index (κ3) is 3.37. The summed E-state index contributed by atoms with van der Waals surface area (Å²) in [5.74, 6) is 0.767. The molecule has 1 aromatic carbocycles. The van der Waals surface area contributed by atoms with Gasteiger partial charge in [0.25, 0.3) is 0 Å². The summed E-state index contributed by atoms with van der Waals surface area (Å²) in [7, 11) is 0. The Labute approximate surface area is 109 Å². The van der Waals surface area contributed by atoms with Crippen LogP contribution in [0.15, 0.2) is 18.2 Å². The summed E-state index contributed by atoms with van der Waals surface area (Å²) in [6, 6.07) is 5.58. The molecule has 3 N–H and O–H groups in total. The second kappa shape index (κ2) is 7.24. The average Bonchev–Trinajstić information content (AvgIpc) is 2.40. The Hall–Kier alpha value is -1.26. The van der Waals surface area contributed by atoms with Crippen LogP contribution in [0.5, 0.6) is 5.75 Å². The lowest BCUT2D eigenvalue weighted by Gasteiger charge is -2.23. The molecule has 0 bridgehead atoms. The van der Waals surface area contributed by atoms with Crippen LogP contribution in [0.25, 0.3) is 0 Å². The van der Waals surface area contributed by atoms with Crippen molar-refractivity contribution >= 4 is 5.69 Å². The van der Waals surface area contributed by atoms with E-state index in [4.69, 9.17) is 15.6 Å². The van der Waals surface area contributed by atoms with E-state index in [1.54, 1.807) is 0 Å². The molecule has 1 rings (SSSR count). The number of hydrogen-bond acceptors (Lipinski definition) is 4. The second-order valence-electron chi connectivity index (χ2n) is 4.12. The lowest BCUT2D eigenvalue weighted by molar-refractivity contribution is 0.261. The average molecular weight is 252 g/mol. The zero-order valence-electron chi connectivity index (χ0n) is 11.5. The fourth-order valence-electron chi connectivity index (χ4n) is 1.99. The van der Waals surface area contributed by atoms with Gasteiger partial charge in [0.1, 0.15) is 5.75 Å². The Morgan fingerprint density at radius 3 is 2.44 bits per heavy atom. The van der Waals surface area contributed by atoms with E-state index >= 15 is 0 Å². The van der Waals surface area contributed by atoms with Gasteiger partial charge in [-0.2, -0.15) is 0 Å². The molecule has 4 nitrogen and oxygen atoms in total. The smallest absolute Gasteiger partial charge is 0.126 e. The molecule has 0 heterocycles. The molecule has 0 aliphatic rings. The fourth-order valence-corrected chi connectivity index (χ4v) is 1.99. The zero-order valence-corrected chi connectivity index (χ0v) is 11.5. The van der Waals surface area contributed by atoms with Crippen LogP contribution in [0.1, 0.15) is 32.4 Å². The summed E-state index contributed by atoms with van der Waals surface area (Å²) in [4.78, 5) is 2.25. The number of aliphatic hydroxyl groups is 1. The van der Waals surface area contributed by atoms with Crippen molar-refractivity contribution < 1.29 is 9.84 Å². The molecule has 102 valence electrons. The van der Waals surface area contributed by atoms with E-state index in [-0.39, 0.29) is 6.61 Å². The first-order valence-electron chi connectivity index (χ1n) is 6.55. The quantitative estimate of drug-likeness (QED) is 0.778. The summed E-state index contributed by atoms with van der Waals surface area (Å²) < 4.78 is 5.62. The minimum atomic E-state index is -0.391. The highest BCUT2D eigenvalue weighted by Gasteiger charge is 2.13. The van der Waals surface area contributed by atoms with E-state index in [0.29, 0.717) is 6.61 Å². The van der Waals surface area contributed by atoms with Crippen molar-refractivity contribution in [3.8, 4) is 5.75 Å². The van der Waals surface area contributed by atoms with Gasteiger partial charge in [0.2, 0.25) is 0 Å². The molecule has 0 radical (unpaired) electrons. The largest absolute Gasteiger partial charge is 0.493 e. The first-order chi connectivity index (χ1) is 8.67. The SMILES string of the molecule is CCOc1cc(N(CC)CC)ccc1[C@@H](N)CO. The molecule has 0 saturated carbocycles. The van der Waals surface area contributed by atoms with E-state index in [2.05, 4.69) is 18.7 Å². The molecule has 4 heteroatoms. The Bertz CT molecular complexity index is 365. The van der Waals surface area contributed by atoms with Crippen LogP contribution < -0.4 is 15.4 Å². The topological polar surface area (TPSA) is 58.7 Å². The lowest BCUT2D eigenvalue weighted by atomic mass is 10.1. The summed E-state index contributed by atoms with van der Waals surface area (Å²) in [6.07, 6.45) is 0. The number of benzene rings is 1. The van der Waals surface area contributed by atoms with E-state index < -0.39 is 6.04 Å². The van der Waals surface area contributed by atoms with Crippen molar-refractivity contribution in [1.82, 2.24) is 0 Å². The number of ether oxygens (including phenoxy) is 1. The third-order valence-corrected chi connectivity index (χ3v) is 3.02. The number of rotatable bonds is 7. The van der Waals surface area contributed by atoms with Crippen molar-refractivity contribution in [2.75, 3.05) is 31.2 Å². The van der Waals surface area contributed by atoms with Gasteiger partial charge in [-0.05, 0) is 26.8 Å². The zero-order chi connectivity index (χ0) is 13.5. The molecular formula is C14H24N2O2. The molecule has 0 aromatic heterocycles. The first kappa shape index (κ1) is 14.8. The number of hydrogen-bond donors (Lipinski definition) is 2. The predicted octanol–water partition coefficient (Wildman–Crippen LogP) is 1.92. The molecule has 1 atom stereocenters. The number of nitrogens with two attached hydrogens (primary N) is 1. The Balaban J connectivity index is 3.09. The number of nitrogens with zero attached hydrogens (tertiary/aromatic N) is 1. The number of anilines is 1. The van der Waals surface area contributed by atoms with Crippen LogP contribution >= 0.6 is 0 Å². The third-order valence-electron chi connectivity index (χ3n) is 3.02. The van der Waals surface area contributed by atoms with Gasteiger partial charge < -0.3 is 20.5 Å². The Kier molecular flexibility index (Phi) is 5.95. The van der Waals surface area contributed by atoms with Crippen LogP contribution in [0.4, 0.5) is 5.69 Å². The van der Waals surface area contributed by atoms with E-state index in [1.807, 2.05) is 25.1 Å². The standard InChI is InChI=1S/C14H24N2O2/c1-4-16(5-2)11-7-8-12(13(15)10-17)14(9-11)18-6-3/h7-9,13,17H,4-6,10,15H2,1-3H3/t13-/m0/s1. The van der Waals surface area contributed by atoms with Gasteiger partial charge in [-0.3, -0.25) is 0 Å². The van der Waals surface area contributed by atoms with Gasteiger partial charge in [-0.25, -0.2) is 0 Å². The maximum atomic E-state index is 9.16. The molecule has 0 saturated heterocycles. The minimum absolute atomic E-state index is 0.0787. The highest BCUT2D eigenvalue weighted by Crippen LogP contribution is 2.29. The summed E-state index contributed by atoms with van der Waals surface area (Å²) in [6.45, 7) is 8.60. The molecule has 0 unspecified atom stereocenters. The number of aliphatic hydroxyl groups excluding tert-OH is 1. The molecule has 0 spiro atoms. The lowest BCUT2D eigenvalue weighted by Crippen LogP contribution is -2.22. The van der Waals surface area contributed by atoms with Gasteiger partial charge in [0.15, 0.2) is 0 Å². The van der Waals surface area contributed by atoms with Gasteiger partial charge in [0.05, 0.1) is 19.3 Å². The van der Waals surface area contributed by atoms with E-state index in [1.165, 1.54) is 0 Å². The van der Waals surface area contributed by atoms with Gasteiger partial charge >= 0.3 is 0 Å². The molecular weight excluding hydrogens is 228 g/mol. The Morgan fingerprint density at radius 2 is 1.94 bits per heavy atom. The fraction of sp³-hybridized carbons (Fsp3) is 0.571. The second-order valence-corrected chi connectivity index (χ2v) is 4.12. The van der Waals surface area contributed by atoms with Crippen LogP contribution in [-0.2, 0) is 0 Å². The van der Waals surface area contributed by atoms with Crippen molar-refractivity contribution in [3.63, 3.8) is 0 Å². The summed E-state index contributed by atoms with van der Waals surface area (Å²) >= 11 is 0. The van der Waals surface area contributed by atoms with Gasteiger partial charge in [-0.15, -0.1) is 0 Å². The monoisotopic (exact) mass is 252 g/mol. The van der Waals surface area contributed by atoms with Gasteiger partial charge in [-0.1, -0.05) is 6.07 Å². The maximum Gasteiger partial charge on any atom is 0.126 e. The molecule has 18 heavy (non-hydrogen) atoms. The van der Waals surface area contributed by atoms with Crippen LogP contribution in [0.2, 0.25) is 0 Å². The molecule has 0 aliphatic carbocycles. The van der Waals surface area contributed by atoms with E-state index in [0.717, 1.165) is 30.1 Å². The highest BCUT2D eigenvalue weighted by atomic mass is 16.5. The molecule has 0 fully saturated rings. The molecule has 1 aromatic rings. The van der Waals surface area contributed by atoms with Crippen molar-refractivity contribution in [3.05, 3.63) is 23.8 Å². The first-order valence-corrected chi connectivity index (χ1v) is 6.55. The summed E-state index contributed by atoms with van der Waals surface area (Å²) in [5, 5.41) is 9.16. The Morgan fingerprint density at radius 1 is 1.28 bits per heavy atom. The van der Waals surface area contributed by atoms with Crippen LogP contribution in [-0.4, -0.2) is 31.4 Å². The van der Waals surface area contributed by atoms with Crippen molar-refractivity contribution in [1.29, 1.82) is 0 Å². The van der Waals surface area contributed by atoms with E-state index in [9.17, 15) is 0 Å². The molecule has 0 amide bonds. The van der Waals surface area contributed by atoms with Crippen LogP contribution in [0.3, 0.4) is 0 Å². The van der Waals surface area contributed by atoms with Gasteiger partial charge in [0, 0.05) is 30.4 Å².